The fourth-order valence-corrected chi connectivity index (χ4v) is 2.84. The number of amides is 1. The van der Waals surface area contributed by atoms with Gasteiger partial charge in [0.2, 0.25) is 5.91 Å². The molecule has 0 aliphatic carbocycles. The highest BCUT2D eigenvalue weighted by atomic mass is 35.5. The zero-order valence-corrected chi connectivity index (χ0v) is 14.6. The van der Waals surface area contributed by atoms with Crippen molar-refractivity contribution in [2.24, 2.45) is 5.73 Å². The van der Waals surface area contributed by atoms with Crippen molar-refractivity contribution in [2.75, 3.05) is 25.0 Å². The standard InChI is InChI=1S/C17H27N3O.ClH/c1-12(2)15-6-4-5-13(3)17(15)19-16(21)11-20-9-7-14(18)8-10-20;/h4-6,12,14H,7-11,18H2,1-3H3,(H,19,21);1H. The number of rotatable bonds is 4. The van der Waals surface area contributed by atoms with Crippen molar-refractivity contribution in [2.45, 2.75) is 45.6 Å². The molecular formula is C17H28ClN3O. The highest BCUT2D eigenvalue weighted by molar-refractivity contribution is 5.93. The van der Waals surface area contributed by atoms with Crippen LogP contribution in [0.25, 0.3) is 0 Å². The summed E-state index contributed by atoms with van der Waals surface area (Å²) in [5.41, 5.74) is 9.19. The van der Waals surface area contributed by atoms with Crippen molar-refractivity contribution in [1.29, 1.82) is 0 Å². The molecule has 124 valence electrons. The zero-order chi connectivity index (χ0) is 15.4. The Hall–Kier alpha value is -1.10. The van der Waals surface area contributed by atoms with Gasteiger partial charge < -0.3 is 11.1 Å². The van der Waals surface area contributed by atoms with Crippen LogP contribution >= 0.6 is 12.4 Å². The number of para-hydroxylation sites is 1. The third kappa shape index (κ3) is 4.97. The first-order valence-electron chi connectivity index (χ1n) is 7.84. The van der Waals surface area contributed by atoms with Gasteiger partial charge in [-0.15, -0.1) is 12.4 Å². The molecule has 1 aromatic carbocycles. The minimum Gasteiger partial charge on any atom is -0.328 e. The molecule has 0 bridgehead atoms. The summed E-state index contributed by atoms with van der Waals surface area (Å²) >= 11 is 0. The first kappa shape index (κ1) is 18.9. The molecule has 0 aromatic heterocycles. The Morgan fingerprint density at radius 1 is 1.36 bits per heavy atom. The van der Waals surface area contributed by atoms with Crippen LogP contribution in [0.5, 0.6) is 0 Å². The lowest BCUT2D eigenvalue weighted by Crippen LogP contribution is -2.43. The van der Waals surface area contributed by atoms with E-state index in [9.17, 15) is 4.79 Å². The highest BCUT2D eigenvalue weighted by Crippen LogP contribution is 2.27. The van der Waals surface area contributed by atoms with E-state index in [2.05, 4.69) is 30.1 Å². The molecule has 1 aliphatic heterocycles. The maximum Gasteiger partial charge on any atom is 0.238 e. The summed E-state index contributed by atoms with van der Waals surface area (Å²) in [5, 5.41) is 3.11. The number of aryl methyl sites for hydroxylation is 1. The van der Waals surface area contributed by atoms with Gasteiger partial charge in [-0.1, -0.05) is 32.0 Å². The second-order valence-electron chi connectivity index (χ2n) is 6.36. The molecule has 5 heteroatoms. The molecule has 0 atom stereocenters. The summed E-state index contributed by atoms with van der Waals surface area (Å²) in [6.45, 7) is 8.63. The second kappa shape index (κ2) is 8.51. The van der Waals surface area contributed by atoms with Crippen LogP contribution in [0.3, 0.4) is 0 Å². The SMILES string of the molecule is Cc1cccc(C(C)C)c1NC(=O)CN1CCC(N)CC1.Cl. The first-order chi connectivity index (χ1) is 9.97. The third-order valence-corrected chi connectivity index (χ3v) is 4.19. The van der Waals surface area contributed by atoms with Crippen LogP contribution in [0.1, 0.15) is 43.7 Å². The molecule has 2 rings (SSSR count). The Morgan fingerprint density at radius 3 is 2.59 bits per heavy atom. The van der Waals surface area contributed by atoms with E-state index >= 15 is 0 Å². The molecule has 0 radical (unpaired) electrons. The number of nitrogens with two attached hydrogens (primary N) is 1. The molecule has 4 nitrogen and oxygen atoms in total. The molecule has 3 N–H and O–H groups in total. The zero-order valence-electron chi connectivity index (χ0n) is 13.8. The number of piperidine rings is 1. The van der Waals surface area contributed by atoms with E-state index in [-0.39, 0.29) is 18.3 Å². The highest BCUT2D eigenvalue weighted by Gasteiger charge is 2.19. The number of halogens is 1. The minimum absolute atomic E-state index is 0. The van der Waals surface area contributed by atoms with E-state index < -0.39 is 0 Å². The predicted molar refractivity (Wildman–Crippen MR) is 94.8 cm³/mol. The molecule has 1 saturated heterocycles. The number of carbonyl (C=O) groups is 1. The van der Waals surface area contributed by atoms with Crippen LogP contribution < -0.4 is 11.1 Å². The van der Waals surface area contributed by atoms with E-state index in [1.54, 1.807) is 0 Å². The molecule has 1 aliphatic rings. The van der Waals surface area contributed by atoms with Crippen molar-refractivity contribution >= 4 is 24.0 Å². The van der Waals surface area contributed by atoms with Crippen LogP contribution in [0.15, 0.2) is 18.2 Å². The second-order valence-corrected chi connectivity index (χ2v) is 6.36. The topological polar surface area (TPSA) is 58.4 Å². The normalized spacial score (nSPS) is 16.4. The van der Waals surface area contributed by atoms with Crippen molar-refractivity contribution in [3.8, 4) is 0 Å². The Labute approximate surface area is 139 Å². The van der Waals surface area contributed by atoms with Gasteiger partial charge in [0.15, 0.2) is 0 Å². The van der Waals surface area contributed by atoms with Crippen LogP contribution in [0.2, 0.25) is 0 Å². The molecule has 1 fully saturated rings. The molecule has 1 heterocycles. The number of likely N-dealkylation sites (tertiary alicyclic amines) is 1. The number of anilines is 1. The number of nitrogens with zero attached hydrogens (tertiary/aromatic N) is 1. The van der Waals surface area contributed by atoms with Crippen LogP contribution in [-0.4, -0.2) is 36.5 Å². The fraction of sp³-hybridized carbons (Fsp3) is 0.588. The van der Waals surface area contributed by atoms with Gasteiger partial charge in [0.1, 0.15) is 0 Å². The van der Waals surface area contributed by atoms with E-state index in [4.69, 9.17) is 5.73 Å². The average molecular weight is 326 g/mol. The summed E-state index contributed by atoms with van der Waals surface area (Å²) in [5.74, 6) is 0.467. The Bertz CT molecular complexity index is 497. The monoisotopic (exact) mass is 325 g/mol. The van der Waals surface area contributed by atoms with E-state index in [1.165, 1.54) is 5.56 Å². The largest absolute Gasteiger partial charge is 0.328 e. The maximum atomic E-state index is 12.3. The van der Waals surface area contributed by atoms with Gasteiger partial charge in [0.05, 0.1) is 6.54 Å². The van der Waals surface area contributed by atoms with Gasteiger partial charge in [-0.3, -0.25) is 9.69 Å². The molecule has 0 spiro atoms. The van der Waals surface area contributed by atoms with Crippen molar-refractivity contribution in [3.63, 3.8) is 0 Å². The summed E-state index contributed by atoms with van der Waals surface area (Å²) < 4.78 is 0. The number of hydrogen-bond donors (Lipinski definition) is 2. The van der Waals surface area contributed by atoms with E-state index in [1.807, 2.05) is 19.1 Å². The maximum absolute atomic E-state index is 12.3. The summed E-state index contributed by atoms with van der Waals surface area (Å²) in [6, 6.07) is 6.48. The molecular weight excluding hydrogens is 298 g/mol. The van der Waals surface area contributed by atoms with E-state index in [0.29, 0.717) is 18.5 Å². The summed E-state index contributed by atoms with van der Waals surface area (Å²) in [4.78, 5) is 14.5. The smallest absolute Gasteiger partial charge is 0.238 e. The lowest BCUT2D eigenvalue weighted by Gasteiger charge is -2.29. The number of nitrogens with one attached hydrogen (secondary N) is 1. The van der Waals surface area contributed by atoms with Gasteiger partial charge in [0.25, 0.3) is 0 Å². The number of benzene rings is 1. The molecule has 1 amide bonds. The van der Waals surface area contributed by atoms with Gasteiger partial charge in [-0.25, -0.2) is 0 Å². The quantitative estimate of drug-likeness (QED) is 0.895. The molecule has 1 aromatic rings. The van der Waals surface area contributed by atoms with Crippen molar-refractivity contribution in [3.05, 3.63) is 29.3 Å². The summed E-state index contributed by atoms with van der Waals surface area (Å²) in [7, 11) is 0. The van der Waals surface area contributed by atoms with Gasteiger partial charge >= 0.3 is 0 Å². The lowest BCUT2D eigenvalue weighted by atomic mass is 9.98. The van der Waals surface area contributed by atoms with Crippen LogP contribution in [0, 0.1) is 6.92 Å². The minimum atomic E-state index is 0. The fourth-order valence-electron chi connectivity index (χ4n) is 2.84. The third-order valence-electron chi connectivity index (χ3n) is 4.19. The Balaban J connectivity index is 0.00000242. The van der Waals surface area contributed by atoms with Crippen molar-refractivity contribution < 1.29 is 4.79 Å². The first-order valence-corrected chi connectivity index (χ1v) is 7.84. The summed E-state index contributed by atoms with van der Waals surface area (Å²) in [6.07, 6.45) is 1.96. The van der Waals surface area contributed by atoms with Gasteiger partial charge in [-0.2, -0.15) is 0 Å². The number of hydrogen-bond acceptors (Lipinski definition) is 3. The number of carbonyl (C=O) groups excluding carboxylic acids is 1. The molecule has 22 heavy (non-hydrogen) atoms. The van der Waals surface area contributed by atoms with Crippen LogP contribution in [0.4, 0.5) is 5.69 Å². The Kier molecular flexibility index (Phi) is 7.33. The molecule has 0 saturated carbocycles. The van der Waals surface area contributed by atoms with Gasteiger partial charge in [-0.05, 0) is 36.8 Å². The van der Waals surface area contributed by atoms with Gasteiger partial charge in [0, 0.05) is 24.8 Å². The van der Waals surface area contributed by atoms with E-state index in [0.717, 1.165) is 37.2 Å². The average Bonchev–Trinajstić information content (AvgIpc) is 2.43. The predicted octanol–water partition coefficient (Wildman–Crippen LogP) is 2.90. The lowest BCUT2D eigenvalue weighted by molar-refractivity contribution is -0.117. The van der Waals surface area contributed by atoms with Crippen molar-refractivity contribution in [1.82, 2.24) is 4.90 Å². The Morgan fingerprint density at radius 2 is 2.00 bits per heavy atom. The van der Waals surface area contributed by atoms with Crippen LogP contribution in [-0.2, 0) is 4.79 Å². The molecule has 0 unspecified atom stereocenters.